The zero-order chi connectivity index (χ0) is 16.7. The largest absolute Gasteiger partial charge is 0.435 e. The molecule has 10 heteroatoms. The van der Waals surface area contributed by atoms with Crippen LogP contribution >= 0.6 is 0 Å². The van der Waals surface area contributed by atoms with Gasteiger partial charge in [-0.2, -0.15) is 13.2 Å². The molecule has 2 heterocycles. The number of nitrogens with zero attached hydrogens (tertiary/aromatic N) is 4. The first-order chi connectivity index (χ1) is 10.8. The lowest BCUT2D eigenvalue weighted by Crippen LogP contribution is -2.33. The van der Waals surface area contributed by atoms with Gasteiger partial charge in [0.05, 0.1) is 17.9 Å². The molecule has 0 fully saturated rings. The molecule has 1 aromatic heterocycles. The Morgan fingerprint density at radius 2 is 1.78 bits per heavy atom. The Hall–Kier alpha value is -2.49. The lowest BCUT2D eigenvalue weighted by Gasteiger charge is -2.24. The Morgan fingerprint density at radius 1 is 1.09 bits per heavy atom. The number of fused-ring (bicyclic) bond motifs is 1. The Balaban J connectivity index is 2.01. The fourth-order valence-corrected chi connectivity index (χ4v) is 3.44. The molecule has 0 N–H and O–H groups in total. The van der Waals surface area contributed by atoms with E-state index < -0.39 is 34.1 Å². The minimum atomic E-state index is -4.72. The van der Waals surface area contributed by atoms with E-state index in [0.29, 0.717) is 4.31 Å². The fourth-order valence-electron chi connectivity index (χ4n) is 2.09. The lowest BCUT2D eigenvalue weighted by atomic mass is 10.3. The van der Waals surface area contributed by atoms with E-state index in [-0.39, 0.29) is 10.6 Å². The second-order valence-corrected chi connectivity index (χ2v) is 6.47. The highest BCUT2D eigenvalue weighted by Gasteiger charge is 2.38. The van der Waals surface area contributed by atoms with Gasteiger partial charge in [0, 0.05) is 12.4 Å². The molecule has 0 bridgehead atoms. The SMILES string of the molecule is O=S1(=O)c2ccccc2N=CN1Cc1nccnc1C(F)(F)F. The zero-order valence-electron chi connectivity index (χ0n) is 11.4. The van der Waals surface area contributed by atoms with Crippen LogP contribution in [0.25, 0.3) is 0 Å². The minimum Gasteiger partial charge on any atom is -0.255 e. The third-order valence-corrected chi connectivity index (χ3v) is 4.87. The number of para-hydroxylation sites is 1. The number of aromatic nitrogens is 2. The molecule has 0 aliphatic carbocycles. The summed E-state index contributed by atoms with van der Waals surface area (Å²) in [5.74, 6) is 0. The average molecular weight is 342 g/mol. The maximum absolute atomic E-state index is 12.9. The van der Waals surface area contributed by atoms with Crippen molar-refractivity contribution in [2.75, 3.05) is 0 Å². The van der Waals surface area contributed by atoms with E-state index in [4.69, 9.17) is 0 Å². The molecule has 1 aliphatic rings. The van der Waals surface area contributed by atoms with E-state index in [1.165, 1.54) is 18.2 Å². The number of sulfonamides is 1. The van der Waals surface area contributed by atoms with Crippen LogP contribution in [-0.2, 0) is 22.7 Å². The monoisotopic (exact) mass is 342 g/mol. The van der Waals surface area contributed by atoms with Crippen LogP contribution in [0, 0.1) is 0 Å². The second kappa shape index (κ2) is 5.30. The quantitative estimate of drug-likeness (QED) is 0.840. The molecule has 2 aromatic rings. The minimum absolute atomic E-state index is 0.0695. The Kier molecular flexibility index (Phi) is 3.55. The topological polar surface area (TPSA) is 75.5 Å². The van der Waals surface area contributed by atoms with E-state index in [1.807, 2.05) is 0 Å². The Bertz CT molecular complexity index is 881. The molecule has 0 unspecified atom stereocenters. The molecular formula is C13H9F3N4O2S. The number of benzene rings is 1. The van der Waals surface area contributed by atoms with E-state index in [0.717, 1.165) is 18.7 Å². The Labute approximate surface area is 129 Å². The molecule has 0 amide bonds. The first kappa shape index (κ1) is 15.4. The van der Waals surface area contributed by atoms with Crippen molar-refractivity contribution in [2.45, 2.75) is 17.6 Å². The van der Waals surface area contributed by atoms with Crippen molar-refractivity contribution in [1.82, 2.24) is 14.3 Å². The predicted molar refractivity (Wildman–Crippen MR) is 74.4 cm³/mol. The molecule has 1 aromatic carbocycles. The normalized spacial score (nSPS) is 16.2. The highest BCUT2D eigenvalue weighted by Crippen LogP contribution is 2.33. The van der Waals surface area contributed by atoms with Crippen LogP contribution in [0.1, 0.15) is 11.4 Å². The van der Waals surface area contributed by atoms with E-state index >= 15 is 0 Å². The van der Waals surface area contributed by atoms with E-state index in [9.17, 15) is 21.6 Å². The standard InChI is InChI=1S/C13H9F3N4O2S/c14-13(15,16)12-10(17-5-6-18-12)7-20-8-19-9-3-1-2-4-11(9)23(20,21)22/h1-6,8H,7H2. The first-order valence-electron chi connectivity index (χ1n) is 6.32. The number of hydrogen-bond donors (Lipinski definition) is 0. The van der Waals surface area contributed by atoms with Crippen LogP contribution in [0.4, 0.5) is 18.9 Å². The van der Waals surface area contributed by atoms with Crippen LogP contribution in [0.15, 0.2) is 46.5 Å². The molecule has 0 spiro atoms. The van der Waals surface area contributed by atoms with Gasteiger partial charge in [-0.15, -0.1) is 0 Å². The van der Waals surface area contributed by atoms with Gasteiger partial charge in [0.2, 0.25) is 0 Å². The van der Waals surface area contributed by atoms with Crippen LogP contribution < -0.4 is 0 Å². The van der Waals surface area contributed by atoms with Gasteiger partial charge in [0.1, 0.15) is 11.2 Å². The van der Waals surface area contributed by atoms with Gasteiger partial charge < -0.3 is 0 Å². The number of rotatable bonds is 2. The maximum Gasteiger partial charge on any atom is 0.435 e. The number of halogens is 3. The molecule has 120 valence electrons. The van der Waals surface area contributed by atoms with Gasteiger partial charge in [-0.25, -0.2) is 18.4 Å². The summed E-state index contributed by atoms with van der Waals surface area (Å²) in [5.41, 5.74) is -1.48. The Morgan fingerprint density at radius 3 is 2.52 bits per heavy atom. The van der Waals surface area contributed by atoms with Crippen LogP contribution in [0.3, 0.4) is 0 Å². The first-order valence-corrected chi connectivity index (χ1v) is 7.76. The third-order valence-electron chi connectivity index (χ3n) is 3.13. The van der Waals surface area contributed by atoms with Crippen molar-refractivity contribution >= 4 is 22.0 Å². The van der Waals surface area contributed by atoms with Gasteiger partial charge in [0.15, 0.2) is 5.69 Å². The lowest BCUT2D eigenvalue weighted by molar-refractivity contribution is -0.142. The van der Waals surface area contributed by atoms with Crippen molar-refractivity contribution in [3.05, 3.63) is 48.0 Å². The summed E-state index contributed by atoms with van der Waals surface area (Å²) < 4.78 is 64.5. The molecule has 23 heavy (non-hydrogen) atoms. The van der Waals surface area contributed by atoms with Gasteiger partial charge in [-0.3, -0.25) is 9.29 Å². The fraction of sp³-hybridized carbons (Fsp3) is 0.154. The van der Waals surface area contributed by atoms with Crippen molar-refractivity contribution in [3.63, 3.8) is 0 Å². The maximum atomic E-state index is 12.9. The second-order valence-electron chi connectivity index (χ2n) is 4.61. The summed E-state index contributed by atoms with van der Waals surface area (Å²) in [4.78, 5) is 10.7. The molecule has 0 atom stereocenters. The molecule has 1 aliphatic heterocycles. The predicted octanol–water partition coefficient (Wildman–Crippen LogP) is 2.36. The van der Waals surface area contributed by atoms with Crippen molar-refractivity contribution in [3.8, 4) is 0 Å². The van der Waals surface area contributed by atoms with Gasteiger partial charge in [-0.05, 0) is 12.1 Å². The molecule has 0 saturated heterocycles. The third kappa shape index (κ3) is 2.77. The van der Waals surface area contributed by atoms with Crippen LogP contribution in [0.5, 0.6) is 0 Å². The van der Waals surface area contributed by atoms with Crippen molar-refractivity contribution in [1.29, 1.82) is 0 Å². The van der Waals surface area contributed by atoms with E-state index in [1.54, 1.807) is 6.07 Å². The summed E-state index contributed by atoms with van der Waals surface area (Å²) in [6.07, 6.45) is -1.77. The zero-order valence-corrected chi connectivity index (χ0v) is 12.2. The highest BCUT2D eigenvalue weighted by molar-refractivity contribution is 7.89. The summed E-state index contributed by atoms with van der Waals surface area (Å²) in [5, 5.41) is 0. The van der Waals surface area contributed by atoms with Crippen LogP contribution in [0.2, 0.25) is 0 Å². The van der Waals surface area contributed by atoms with Crippen LogP contribution in [-0.4, -0.2) is 29.0 Å². The summed E-state index contributed by atoms with van der Waals surface area (Å²) >= 11 is 0. The van der Waals surface area contributed by atoms with Gasteiger partial charge >= 0.3 is 6.18 Å². The molecular weight excluding hydrogens is 333 g/mol. The van der Waals surface area contributed by atoms with Crippen molar-refractivity contribution < 1.29 is 21.6 Å². The number of alkyl halides is 3. The molecule has 0 saturated carbocycles. The molecule has 0 radical (unpaired) electrons. The molecule has 3 rings (SSSR count). The highest BCUT2D eigenvalue weighted by atomic mass is 32.2. The summed E-state index contributed by atoms with van der Waals surface area (Å²) in [7, 11) is -3.99. The number of hydrogen-bond acceptors (Lipinski definition) is 5. The number of aliphatic imine (C=N–C) groups is 1. The average Bonchev–Trinajstić information content (AvgIpc) is 2.50. The van der Waals surface area contributed by atoms with Gasteiger partial charge in [-0.1, -0.05) is 12.1 Å². The summed E-state index contributed by atoms with van der Waals surface area (Å²) in [6, 6.07) is 5.98. The molecule has 6 nitrogen and oxygen atoms in total. The van der Waals surface area contributed by atoms with E-state index in [2.05, 4.69) is 15.0 Å². The van der Waals surface area contributed by atoms with Crippen molar-refractivity contribution in [2.24, 2.45) is 4.99 Å². The van der Waals surface area contributed by atoms with Gasteiger partial charge in [0.25, 0.3) is 10.0 Å². The smallest absolute Gasteiger partial charge is 0.255 e. The summed E-state index contributed by atoms with van der Waals surface area (Å²) in [6.45, 7) is -0.608.